The highest BCUT2D eigenvalue weighted by atomic mass is 14.9. The van der Waals surface area contributed by atoms with Gasteiger partial charge in [-0.15, -0.1) is 0 Å². The van der Waals surface area contributed by atoms with Crippen LogP contribution in [0, 0.1) is 0 Å². The average molecular weight is 241 g/mol. The van der Waals surface area contributed by atoms with Crippen molar-refractivity contribution in [2.45, 2.75) is 12.3 Å². The molecule has 92 valence electrons. The minimum atomic E-state index is 0.456. The number of nitrogens with one attached hydrogen (secondary N) is 1. The van der Waals surface area contributed by atoms with Gasteiger partial charge in [-0.3, -0.25) is 0 Å². The van der Waals surface area contributed by atoms with Gasteiger partial charge in [-0.25, -0.2) is 15.0 Å². The van der Waals surface area contributed by atoms with E-state index in [1.54, 1.807) is 12.5 Å². The summed E-state index contributed by atoms with van der Waals surface area (Å²) in [4.78, 5) is 12.6. The van der Waals surface area contributed by atoms with E-state index in [4.69, 9.17) is 5.73 Å². The summed E-state index contributed by atoms with van der Waals surface area (Å²) >= 11 is 0. The first kappa shape index (κ1) is 11.1. The maximum atomic E-state index is 5.74. The number of rotatable bonds is 2. The Kier molecular flexibility index (Phi) is 2.90. The zero-order valence-corrected chi connectivity index (χ0v) is 10.0. The summed E-state index contributed by atoms with van der Waals surface area (Å²) in [5.41, 5.74) is 8.92. The third-order valence-corrected chi connectivity index (χ3v) is 3.28. The molecule has 0 amide bonds. The van der Waals surface area contributed by atoms with Crippen LogP contribution >= 0.6 is 0 Å². The number of nitrogens with two attached hydrogens (primary N) is 1. The Morgan fingerprint density at radius 2 is 2.28 bits per heavy atom. The monoisotopic (exact) mass is 241 g/mol. The number of hydrogen-bond acceptors (Lipinski definition) is 5. The quantitative estimate of drug-likeness (QED) is 0.826. The van der Waals surface area contributed by atoms with Gasteiger partial charge >= 0.3 is 0 Å². The number of aromatic nitrogens is 3. The normalized spacial score (nSPS) is 19.0. The Balaban J connectivity index is 2.06. The van der Waals surface area contributed by atoms with Crippen LogP contribution in [0.4, 0.5) is 5.82 Å². The number of anilines is 1. The first-order valence-corrected chi connectivity index (χ1v) is 6.07. The first-order chi connectivity index (χ1) is 8.84. The molecule has 1 aliphatic rings. The van der Waals surface area contributed by atoms with Crippen molar-refractivity contribution in [3.8, 4) is 11.1 Å². The van der Waals surface area contributed by atoms with Gasteiger partial charge in [0.1, 0.15) is 12.1 Å². The van der Waals surface area contributed by atoms with Crippen LogP contribution in [0.15, 0.2) is 30.9 Å². The smallest absolute Gasteiger partial charge is 0.123 e. The number of nitrogens with zero attached hydrogens (tertiary/aromatic N) is 3. The molecule has 1 saturated heterocycles. The highest BCUT2D eigenvalue weighted by molar-refractivity contribution is 5.67. The Bertz CT molecular complexity index is 549. The zero-order valence-electron chi connectivity index (χ0n) is 10.0. The highest BCUT2D eigenvalue weighted by Gasteiger charge is 2.21. The third kappa shape index (κ3) is 2.04. The first-order valence-electron chi connectivity index (χ1n) is 6.07. The second-order valence-corrected chi connectivity index (χ2v) is 4.48. The lowest BCUT2D eigenvalue weighted by Crippen LogP contribution is -2.10. The maximum absolute atomic E-state index is 5.74. The number of pyridine rings is 1. The van der Waals surface area contributed by atoms with Crippen LogP contribution in [-0.4, -0.2) is 28.0 Å². The van der Waals surface area contributed by atoms with E-state index in [1.807, 2.05) is 18.3 Å². The van der Waals surface area contributed by atoms with Crippen LogP contribution in [0.5, 0.6) is 0 Å². The molecule has 0 aliphatic carbocycles. The molecular weight excluding hydrogens is 226 g/mol. The summed E-state index contributed by atoms with van der Waals surface area (Å²) in [5.74, 6) is 0.976. The highest BCUT2D eigenvalue weighted by Crippen LogP contribution is 2.30. The van der Waals surface area contributed by atoms with Crippen LogP contribution in [0.25, 0.3) is 11.1 Å². The van der Waals surface area contributed by atoms with E-state index in [1.165, 1.54) is 0 Å². The fourth-order valence-electron chi connectivity index (χ4n) is 2.39. The average Bonchev–Trinajstić information content (AvgIpc) is 2.92. The molecule has 0 saturated carbocycles. The summed E-state index contributed by atoms with van der Waals surface area (Å²) in [6.07, 6.45) is 6.30. The van der Waals surface area contributed by atoms with Crippen molar-refractivity contribution in [3.05, 3.63) is 36.5 Å². The van der Waals surface area contributed by atoms with Gasteiger partial charge < -0.3 is 11.1 Å². The minimum Gasteiger partial charge on any atom is -0.384 e. The molecule has 5 heteroatoms. The number of nitrogen functional groups attached to an aromatic ring is 1. The standard InChI is InChI=1S/C13H15N5/c14-12-5-9(2-4-17-12)11-7-16-8-18-13(11)10-1-3-15-6-10/h2,4-5,7-8,10,15H,1,3,6H2,(H2,14,17). The minimum absolute atomic E-state index is 0.456. The molecule has 1 unspecified atom stereocenters. The molecule has 2 aromatic rings. The van der Waals surface area contributed by atoms with Gasteiger partial charge in [-0.1, -0.05) is 0 Å². The SMILES string of the molecule is Nc1cc(-c2cncnc2C2CCNC2)ccn1. The summed E-state index contributed by atoms with van der Waals surface area (Å²) in [6, 6.07) is 3.81. The Hall–Kier alpha value is -2.01. The molecule has 0 bridgehead atoms. The van der Waals surface area contributed by atoms with Gasteiger partial charge in [0.15, 0.2) is 0 Å². The Morgan fingerprint density at radius 1 is 1.33 bits per heavy atom. The molecule has 2 aromatic heterocycles. The van der Waals surface area contributed by atoms with Crippen molar-refractivity contribution >= 4 is 5.82 Å². The van der Waals surface area contributed by atoms with Crippen molar-refractivity contribution < 1.29 is 0 Å². The van der Waals surface area contributed by atoms with Crippen molar-refractivity contribution in [3.63, 3.8) is 0 Å². The van der Waals surface area contributed by atoms with Gasteiger partial charge in [0.05, 0.1) is 5.69 Å². The molecule has 5 nitrogen and oxygen atoms in total. The summed E-state index contributed by atoms with van der Waals surface area (Å²) in [6.45, 7) is 2.02. The molecular formula is C13H15N5. The fourth-order valence-corrected chi connectivity index (χ4v) is 2.39. The van der Waals surface area contributed by atoms with Crippen molar-refractivity contribution in [1.29, 1.82) is 0 Å². The maximum Gasteiger partial charge on any atom is 0.123 e. The lowest BCUT2D eigenvalue weighted by Gasteiger charge is -2.13. The van der Waals surface area contributed by atoms with Gasteiger partial charge in [0.25, 0.3) is 0 Å². The van der Waals surface area contributed by atoms with Gasteiger partial charge in [0.2, 0.25) is 0 Å². The van der Waals surface area contributed by atoms with Crippen LogP contribution in [0.1, 0.15) is 18.0 Å². The van der Waals surface area contributed by atoms with Gasteiger partial charge in [0, 0.05) is 30.4 Å². The fraction of sp³-hybridized carbons (Fsp3) is 0.308. The molecule has 3 rings (SSSR count). The molecule has 1 aliphatic heterocycles. The van der Waals surface area contributed by atoms with Gasteiger partial charge in [-0.2, -0.15) is 0 Å². The van der Waals surface area contributed by atoms with Crippen LogP contribution in [0.2, 0.25) is 0 Å². The predicted molar refractivity (Wildman–Crippen MR) is 69.9 cm³/mol. The molecule has 1 fully saturated rings. The Morgan fingerprint density at radius 3 is 3.06 bits per heavy atom. The topological polar surface area (TPSA) is 76.7 Å². The van der Waals surface area contributed by atoms with Crippen LogP contribution in [-0.2, 0) is 0 Å². The second-order valence-electron chi connectivity index (χ2n) is 4.48. The Labute approximate surface area is 105 Å². The summed E-state index contributed by atoms with van der Waals surface area (Å²) in [5, 5.41) is 3.36. The summed E-state index contributed by atoms with van der Waals surface area (Å²) in [7, 11) is 0. The largest absolute Gasteiger partial charge is 0.384 e. The van der Waals surface area contributed by atoms with Crippen molar-refractivity contribution in [2.75, 3.05) is 18.8 Å². The van der Waals surface area contributed by atoms with E-state index in [9.17, 15) is 0 Å². The molecule has 18 heavy (non-hydrogen) atoms. The van der Waals surface area contributed by atoms with E-state index in [-0.39, 0.29) is 0 Å². The van der Waals surface area contributed by atoms with E-state index in [0.717, 1.165) is 36.3 Å². The molecule has 3 N–H and O–H groups in total. The van der Waals surface area contributed by atoms with E-state index >= 15 is 0 Å². The van der Waals surface area contributed by atoms with E-state index < -0.39 is 0 Å². The molecule has 0 aromatic carbocycles. The van der Waals surface area contributed by atoms with Crippen molar-refractivity contribution in [1.82, 2.24) is 20.3 Å². The number of hydrogen-bond donors (Lipinski definition) is 2. The lowest BCUT2D eigenvalue weighted by atomic mass is 9.96. The third-order valence-electron chi connectivity index (χ3n) is 3.28. The lowest BCUT2D eigenvalue weighted by molar-refractivity contribution is 0.733. The molecule has 0 spiro atoms. The summed E-state index contributed by atoms with van der Waals surface area (Å²) < 4.78 is 0. The molecule has 1 atom stereocenters. The predicted octanol–water partition coefficient (Wildman–Crippen LogP) is 1.20. The van der Waals surface area contributed by atoms with Crippen molar-refractivity contribution in [2.24, 2.45) is 0 Å². The molecule has 3 heterocycles. The zero-order chi connectivity index (χ0) is 12.4. The van der Waals surface area contributed by atoms with E-state index in [0.29, 0.717) is 11.7 Å². The van der Waals surface area contributed by atoms with E-state index in [2.05, 4.69) is 20.3 Å². The second kappa shape index (κ2) is 4.70. The van der Waals surface area contributed by atoms with Crippen LogP contribution < -0.4 is 11.1 Å². The molecule has 0 radical (unpaired) electrons. The van der Waals surface area contributed by atoms with Gasteiger partial charge in [-0.05, 0) is 30.7 Å². The van der Waals surface area contributed by atoms with Crippen LogP contribution in [0.3, 0.4) is 0 Å².